The number of carbonyl (C=O) groups excluding carboxylic acids is 1. The van der Waals surface area contributed by atoms with Crippen molar-refractivity contribution in [3.63, 3.8) is 0 Å². The summed E-state index contributed by atoms with van der Waals surface area (Å²) in [6.45, 7) is 5.23. The number of carbonyl (C=O) groups is 1. The summed E-state index contributed by atoms with van der Waals surface area (Å²) < 4.78 is 5.37. The van der Waals surface area contributed by atoms with E-state index in [1.165, 1.54) is 5.56 Å². The lowest BCUT2D eigenvalue weighted by Crippen LogP contribution is -2.47. The first-order valence-electron chi connectivity index (χ1n) is 7.99. The van der Waals surface area contributed by atoms with Crippen LogP contribution in [0.15, 0.2) is 24.3 Å². The van der Waals surface area contributed by atoms with E-state index in [9.17, 15) is 4.79 Å². The third-order valence-electron chi connectivity index (χ3n) is 4.13. The molecule has 2 rings (SSSR count). The Hall–Kier alpha value is -1.59. The van der Waals surface area contributed by atoms with Crippen molar-refractivity contribution in [3.05, 3.63) is 29.8 Å². The maximum Gasteiger partial charge on any atom is 0.223 e. The molecule has 0 atom stereocenters. The highest BCUT2D eigenvalue weighted by Crippen LogP contribution is 2.17. The Morgan fingerprint density at radius 1 is 1.27 bits per heavy atom. The minimum Gasteiger partial charge on any atom is -0.496 e. The van der Waals surface area contributed by atoms with Crippen LogP contribution in [-0.2, 0) is 11.2 Å². The van der Waals surface area contributed by atoms with E-state index >= 15 is 0 Å². The second-order valence-corrected chi connectivity index (χ2v) is 5.75. The summed E-state index contributed by atoms with van der Waals surface area (Å²) in [7, 11) is 3.77. The molecule has 5 heteroatoms. The highest BCUT2D eigenvalue weighted by atomic mass is 16.5. The van der Waals surface area contributed by atoms with Crippen LogP contribution >= 0.6 is 0 Å². The molecule has 122 valence electrons. The summed E-state index contributed by atoms with van der Waals surface area (Å²) in [5.41, 5.74) is 1.21. The minimum atomic E-state index is 0.269. The molecule has 0 spiro atoms. The van der Waals surface area contributed by atoms with E-state index in [4.69, 9.17) is 4.74 Å². The van der Waals surface area contributed by atoms with E-state index in [0.29, 0.717) is 6.42 Å². The Kier molecular flexibility index (Phi) is 6.68. The molecule has 22 heavy (non-hydrogen) atoms. The summed E-state index contributed by atoms with van der Waals surface area (Å²) in [4.78, 5) is 16.3. The van der Waals surface area contributed by atoms with Crippen molar-refractivity contribution >= 4 is 5.91 Å². The topological polar surface area (TPSA) is 44.8 Å². The number of ether oxygens (including phenoxy) is 1. The third-order valence-corrected chi connectivity index (χ3v) is 4.13. The van der Waals surface area contributed by atoms with Gasteiger partial charge in [-0.2, -0.15) is 0 Å². The average Bonchev–Trinajstić information content (AvgIpc) is 2.58. The number of nitrogens with zero attached hydrogens (tertiary/aromatic N) is 2. The van der Waals surface area contributed by atoms with E-state index in [2.05, 4.69) is 23.3 Å². The lowest BCUT2D eigenvalue weighted by molar-refractivity contribution is -0.132. The molecule has 1 saturated heterocycles. The van der Waals surface area contributed by atoms with Crippen LogP contribution in [-0.4, -0.2) is 69.1 Å². The van der Waals surface area contributed by atoms with Crippen LogP contribution in [0.25, 0.3) is 0 Å². The molecule has 1 N–H and O–H groups in total. The number of amides is 1. The highest BCUT2D eigenvalue weighted by Gasteiger charge is 2.16. The largest absolute Gasteiger partial charge is 0.496 e. The number of piperazine rings is 1. The van der Waals surface area contributed by atoms with Crippen molar-refractivity contribution in [2.45, 2.75) is 12.8 Å². The van der Waals surface area contributed by atoms with Crippen molar-refractivity contribution in [1.82, 2.24) is 15.1 Å². The first-order valence-corrected chi connectivity index (χ1v) is 7.99. The summed E-state index contributed by atoms with van der Waals surface area (Å²) in [6.07, 6.45) is 1.53. The summed E-state index contributed by atoms with van der Waals surface area (Å²) in [6, 6.07) is 8.10. The number of para-hydroxylation sites is 1. The van der Waals surface area contributed by atoms with Crippen molar-refractivity contribution in [2.75, 3.05) is 53.4 Å². The van der Waals surface area contributed by atoms with Gasteiger partial charge in [-0.1, -0.05) is 18.2 Å². The van der Waals surface area contributed by atoms with Gasteiger partial charge in [-0.05, 0) is 25.1 Å². The molecular formula is C17H27N3O2. The lowest BCUT2D eigenvalue weighted by atomic mass is 10.1. The molecule has 1 fully saturated rings. The van der Waals surface area contributed by atoms with Crippen LogP contribution in [0.1, 0.15) is 12.0 Å². The molecule has 1 aromatic rings. The number of hydrogen-bond donors (Lipinski definition) is 1. The second kappa shape index (κ2) is 8.76. The first-order chi connectivity index (χ1) is 10.7. The molecule has 0 aliphatic carbocycles. The molecule has 1 amide bonds. The van der Waals surface area contributed by atoms with Crippen molar-refractivity contribution in [3.8, 4) is 5.75 Å². The van der Waals surface area contributed by atoms with Crippen molar-refractivity contribution in [1.29, 1.82) is 0 Å². The summed E-state index contributed by atoms with van der Waals surface area (Å²) >= 11 is 0. The fraction of sp³-hybridized carbons (Fsp3) is 0.588. The normalized spacial score (nSPS) is 15.1. The van der Waals surface area contributed by atoms with Gasteiger partial charge < -0.3 is 19.9 Å². The zero-order valence-corrected chi connectivity index (χ0v) is 13.7. The van der Waals surface area contributed by atoms with Crippen molar-refractivity contribution < 1.29 is 9.53 Å². The van der Waals surface area contributed by atoms with E-state index < -0.39 is 0 Å². The number of methoxy groups -OCH3 is 1. The molecule has 0 radical (unpaired) electrons. The van der Waals surface area contributed by atoms with Gasteiger partial charge in [-0.25, -0.2) is 0 Å². The number of benzene rings is 1. The molecule has 0 aromatic heterocycles. The molecular weight excluding hydrogens is 278 g/mol. The van der Waals surface area contributed by atoms with Gasteiger partial charge in [-0.3, -0.25) is 4.79 Å². The van der Waals surface area contributed by atoms with Gasteiger partial charge in [0.05, 0.1) is 7.11 Å². The molecule has 0 unspecified atom stereocenters. The quantitative estimate of drug-likeness (QED) is 0.816. The average molecular weight is 305 g/mol. The fourth-order valence-electron chi connectivity index (χ4n) is 2.69. The molecule has 1 aliphatic rings. The Morgan fingerprint density at radius 2 is 2.00 bits per heavy atom. The minimum absolute atomic E-state index is 0.269. The molecule has 5 nitrogen and oxygen atoms in total. The van der Waals surface area contributed by atoms with Crippen LogP contribution in [0.2, 0.25) is 0 Å². The SMILES string of the molecule is COc1ccccc1CCN(C)CCC(=O)N1CCNCC1. The maximum atomic E-state index is 12.1. The highest BCUT2D eigenvalue weighted by molar-refractivity contribution is 5.76. The van der Waals surface area contributed by atoms with Crippen LogP contribution in [0, 0.1) is 0 Å². The predicted octanol–water partition coefficient (Wildman–Crippen LogP) is 0.991. The monoisotopic (exact) mass is 305 g/mol. The molecule has 1 aliphatic heterocycles. The second-order valence-electron chi connectivity index (χ2n) is 5.75. The van der Waals surface area contributed by atoms with Gasteiger partial charge in [-0.15, -0.1) is 0 Å². The zero-order valence-electron chi connectivity index (χ0n) is 13.7. The van der Waals surface area contributed by atoms with Gasteiger partial charge in [0.15, 0.2) is 0 Å². The summed E-state index contributed by atoms with van der Waals surface area (Å²) in [5, 5.41) is 3.27. The van der Waals surface area contributed by atoms with E-state index in [0.717, 1.165) is 51.4 Å². The van der Waals surface area contributed by atoms with Gasteiger partial charge in [0.25, 0.3) is 0 Å². The van der Waals surface area contributed by atoms with Gasteiger partial charge >= 0.3 is 0 Å². The van der Waals surface area contributed by atoms with Gasteiger partial charge in [0.1, 0.15) is 5.75 Å². The van der Waals surface area contributed by atoms with Crippen LogP contribution < -0.4 is 10.1 Å². The van der Waals surface area contributed by atoms with Crippen molar-refractivity contribution in [2.24, 2.45) is 0 Å². The standard InChI is InChI=1S/C17H27N3O2/c1-19(11-7-15-5-3-4-6-16(15)22-2)12-8-17(21)20-13-9-18-10-14-20/h3-6,18H,7-14H2,1-2H3. The maximum absolute atomic E-state index is 12.1. The molecule has 0 bridgehead atoms. The van der Waals surface area contributed by atoms with E-state index in [-0.39, 0.29) is 5.91 Å². The lowest BCUT2D eigenvalue weighted by Gasteiger charge is -2.28. The molecule has 0 saturated carbocycles. The summed E-state index contributed by atoms with van der Waals surface area (Å²) in [5.74, 6) is 1.21. The Morgan fingerprint density at radius 3 is 2.73 bits per heavy atom. The Bertz CT molecular complexity index is 473. The number of hydrogen-bond acceptors (Lipinski definition) is 4. The van der Waals surface area contributed by atoms with Gasteiger partial charge in [0, 0.05) is 45.7 Å². The molecule has 1 heterocycles. The first kappa shape index (κ1) is 16.8. The van der Waals surface area contributed by atoms with E-state index in [1.54, 1.807) is 7.11 Å². The van der Waals surface area contributed by atoms with E-state index in [1.807, 2.05) is 23.1 Å². The van der Waals surface area contributed by atoms with Gasteiger partial charge in [0.2, 0.25) is 5.91 Å². The predicted molar refractivity (Wildman–Crippen MR) is 88.3 cm³/mol. The number of rotatable bonds is 7. The zero-order chi connectivity index (χ0) is 15.8. The van der Waals surface area contributed by atoms with Crippen LogP contribution in [0.5, 0.6) is 5.75 Å². The van der Waals surface area contributed by atoms with Crippen LogP contribution in [0.3, 0.4) is 0 Å². The third kappa shape index (κ3) is 5.00. The Balaban J connectivity index is 1.71. The molecule has 1 aromatic carbocycles. The van der Waals surface area contributed by atoms with Crippen LogP contribution in [0.4, 0.5) is 0 Å². The number of likely N-dealkylation sites (N-methyl/N-ethyl adjacent to an activating group) is 1. The Labute approximate surface area is 133 Å². The fourth-order valence-corrected chi connectivity index (χ4v) is 2.69. The smallest absolute Gasteiger partial charge is 0.223 e. The number of nitrogens with one attached hydrogen (secondary N) is 1.